The lowest BCUT2D eigenvalue weighted by molar-refractivity contribution is 0.283. The van der Waals surface area contributed by atoms with Crippen LogP contribution in [-0.2, 0) is 25.0 Å². The smallest absolute Gasteiger partial charge is 0.270 e. The maximum Gasteiger partial charge on any atom is 0.270 e. The molecule has 1 rings (SSSR count). The normalized spacial score (nSPS) is 26.9. The van der Waals surface area contributed by atoms with Gasteiger partial charge in [0, 0.05) is 6.61 Å². The van der Waals surface area contributed by atoms with E-state index < -0.39 is 31.3 Å². The molecule has 0 bridgehead atoms. The molecule has 2 unspecified atom stereocenters. The van der Waals surface area contributed by atoms with E-state index >= 15 is 0 Å². The second-order valence-corrected chi connectivity index (χ2v) is 6.60. The maximum absolute atomic E-state index is 11.2. The second kappa shape index (κ2) is 5.24. The molecule has 0 aromatic heterocycles. The molecule has 0 spiro atoms. The number of thiol groups is 1. The predicted molar refractivity (Wildman–Crippen MR) is 53.7 cm³/mol. The number of hydrogen-bond acceptors (Lipinski definition) is 6. The van der Waals surface area contributed by atoms with Gasteiger partial charge in [-0.1, -0.05) is 0 Å². The van der Waals surface area contributed by atoms with E-state index in [2.05, 4.69) is 4.18 Å². The van der Waals surface area contributed by atoms with Crippen molar-refractivity contribution in [1.29, 1.82) is 0 Å². The van der Waals surface area contributed by atoms with Crippen molar-refractivity contribution >= 4 is 20.8 Å². The molecule has 0 aromatic rings. The van der Waals surface area contributed by atoms with Gasteiger partial charge in [-0.05, 0) is 19.3 Å². The third-order valence-electron chi connectivity index (χ3n) is 2.39. The SMILES string of the molecule is O=[SH](=O)C(CCO)CC1CCOS1(=O)=O. The summed E-state index contributed by atoms with van der Waals surface area (Å²) in [6.45, 7) is -0.143. The molecule has 0 saturated carbocycles. The lowest BCUT2D eigenvalue weighted by atomic mass is 10.1. The maximum atomic E-state index is 11.2. The first kappa shape index (κ1) is 12.9. The molecular formula is C7H14O6S2. The Balaban J connectivity index is 2.66. The third kappa shape index (κ3) is 3.40. The zero-order valence-electron chi connectivity index (χ0n) is 8.03. The van der Waals surface area contributed by atoms with Crippen LogP contribution in [0.1, 0.15) is 19.3 Å². The van der Waals surface area contributed by atoms with Gasteiger partial charge >= 0.3 is 0 Å². The van der Waals surface area contributed by atoms with Gasteiger partial charge in [-0.3, -0.25) is 4.18 Å². The highest BCUT2D eigenvalue weighted by Crippen LogP contribution is 2.23. The summed E-state index contributed by atoms with van der Waals surface area (Å²) in [5.74, 6) is 0. The van der Waals surface area contributed by atoms with Crippen LogP contribution in [0.5, 0.6) is 0 Å². The average Bonchev–Trinajstić information content (AvgIpc) is 2.45. The molecule has 0 radical (unpaired) electrons. The number of hydrogen-bond donors (Lipinski definition) is 2. The number of aliphatic hydroxyl groups excluding tert-OH is 1. The first-order valence-corrected chi connectivity index (χ1v) is 7.32. The zero-order chi connectivity index (χ0) is 11.5. The zero-order valence-corrected chi connectivity index (χ0v) is 9.75. The van der Waals surface area contributed by atoms with Crippen molar-refractivity contribution < 1.29 is 26.1 Å². The average molecular weight is 258 g/mol. The predicted octanol–water partition coefficient (Wildman–Crippen LogP) is -1.14. The fraction of sp³-hybridized carbons (Fsp3) is 1.00. The van der Waals surface area contributed by atoms with E-state index in [1.54, 1.807) is 0 Å². The van der Waals surface area contributed by atoms with Gasteiger partial charge in [0.25, 0.3) is 10.1 Å². The van der Waals surface area contributed by atoms with Gasteiger partial charge in [0.15, 0.2) is 0 Å². The van der Waals surface area contributed by atoms with E-state index in [0.717, 1.165) is 0 Å². The molecule has 1 fully saturated rings. The van der Waals surface area contributed by atoms with E-state index in [0.29, 0.717) is 6.42 Å². The van der Waals surface area contributed by atoms with Crippen molar-refractivity contribution in [3.63, 3.8) is 0 Å². The van der Waals surface area contributed by atoms with E-state index in [-0.39, 0.29) is 26.1 Å². The molecule has 1 aliphatic rings. The quantitative estimate of drug-likeness (QED) is 0.478. The van der Waals surface area contributed by atoms with Crippen molar-refractivity contribution in [2.24, 2.45) is 0 Å². The molecule has 15 heavy (non-hydrogen) atoms. The minimum absolute atomic E-state index is 0.0155. The van der Waals surface area contributed by atoms with Crippen LogP contribution in [0.3, 0.4) is 0 Å². The lowest BCUT2D eigenvalue weighted by Gasteiger charge is -2.12. The molecule has 2 atom stereocenters. The Kier molecular flexibility index (Phi) is 4.50. The van der Waals surface area contributed by atoms with Crippen LogP contribution < -0.4 is 0 Å². The minimum atomic E-state index is -3.58. The van der Waals surface area contributed by atoms with Gasteiger partial charge < -0.3 is 5.11 Å². The molecule has 0 amide bonds. The van der Waals surface area contributed by atoms with Crippen LogP contribution in [0.2, 0.25) is 0 Å². The van der Waals surface area contributed by atoms with E-state index in [4.69, 9.17) is 5.11 Å². The summed E-state index contributed by atoms with van der Waals surface area (Å²) in [6, 6.07) is 0. The summed E-state index contributed by atoms with van der Waals surface area (Å²) >= 11 is 0. The summed E-state index contributed by atoms with van der Waals surface area (Å²) in [6.07, 6.45) is 0.416. The van der Waals surface area contributed by atoms with Crippen LogP contribution in [0, 0.1) is 0 Å². The Bertz CT molecular complexity index is 363. The van der Waals surface area contributed by atoms with Gasteiger partial charge in [-0.15, -0.1) is 0 Å². The van der Waals surface area contributed by atoms with Crippen LogP contribution in [0.25, 0.3) is 0 Å². The standard InChI is InChI=1S/C7H14O6S2/c8-3-1-6(14(9)10)5-7-2-4-13-15(7,11)12/h6-8,14H,1-5H2. The fourth-order valence-electron chi connectivity index (χ4n) is 1.53. The van der Waals surface area contributed by atoms with E-state index in [1.165, 1.54) is 0 Å². The molecular weight excluding hydrogens is 244 g/mol. The van der Waals surface area contributed by atoms with Crippen molar-refractivity contribution in [3.8, 4) is 0 Å². The van der Waals surface area contributed by atoms with E-state index in [9.17, 15) is 16.8 Å². The summed E-state index contributed by atoms with van der Waals surface area (Å²) < 4.78 is 48.6. The van der Waals surface area contributed by atoms with Gasteiger partial charge in [0.2, 0.25) is 0 Å². The van der Waals surface area contributed by atoms with Gasteiger partial charge in [0.05, 0.1) is 17.1 Å². The Hall–Kier alpha value is -0.180. The molecule has 1 heterocycles. The molecule has 8 heteroatoms. The lowest BCUT2D eigenvalue weighted by Crippen LogP contribution is -2.24. The van der Waals surface area contributed by atoms with Gasteiger partial charge in [0.1, 0.15) is 10.7 Å². The monoisotopic (exact) mass is 258 g/mol. The van der Waals surface area contributed by atoms with Crippen LogP contribution in [0.4, 0.5) is 0 Å². The highest BCUT2D eigenvalue weighted by molar-refractivity contribution is 7.87. The first-order valence-electron chi connectivity index (χ1n) is 4.60. The largest absolute Gasteiger partial charge is 0.396 e. The van der Waals surface area contributed by atoms with Crippen molar-refractivity contribution in [2.45, 2.75) is 29.8 Å². The number of rotatable bonds is 5. The Labute approximate surface area is 90.3 Å². The third-order valence-corrected chi connectivity index (χ3v) is 5.20. The highest BCUT2D eigenvalue weighted by Gasteiger charge is 2.35. The van der Waals surface area contributed by atoms with E-state index in [1.807, 2.05) is 0 Å². The topological polar surface area (TPSA) is 97.7 Å². The number of aliphatic hydroxyl groups is 1. The Morgan fingerprint density at radius 2 is 2.13 bits per heavy atom. The fourth-order valence-corrected chi connectivity index (χ4v) is 3.80. The molecule has 6 nitrogen and oxygen atoms in total. The summed E-state index contributed by atoms with van der Waals surface area (Å²) in [4.78, 5) is 0. The Morgan fingerprint density at radius 3 is 2.53 bits per heavy atom. The molecule has 90 valence electrons. The van der Waals surface area contributed by atoms with Crippen molar-refractivity contribution in [3.05, 3.63) is 0 Å². The minimum Gasteiger partial charge on any atom is -0.396 e. The Morgan fingerprint density at radius 1 is 1.47 bits per heavy atom. The molecule has 0 aliphatic carbocycles. The van der Waals surface area contributed by atoms with Crippen LogP contribution >= 0.6 is 0 Å². The van der Waals surface area contributed by atoms with Gasteiger partial charge in [-0.25, -0.2) is 8.42 Å². The van der Waals surface area contributed by atoms with Gasteiger partial charge in [-0.2, -0.15) is 8.42 Å². The molecule has 1 aliphatic heterocycles. The summed E-state index contributed by atoms with van der Waals surface area (Å²) in [5, 5.41) is 7.11. The summed E-state index contributed by atoms with van der Waals surface area (Å²) in [7, 11) is -6.29. The van der Waals surface area contributed by atoms with Crippen LogP contribution in [-0.4, -0.2) is 45.7 Å². The summed E-state index contributed by atoms with van der Waals surface area (Å²) in [5.41, 5.74) is 0. The van der Waals surface area contributed by atoms with Crippen molar-refractivity contribution in [1.82, 2.24) is 0 Å². The molecule has 1 N–H and O–H groups in total. The highest BCUT2D eigenvalue weighted by atomic mass is 32.2. The first-order chi connectivity index (χ1) is 6.97. The van der Waals surface area contributed by atoms with Crippen LogP contribution in [0.15, 0.2) is 0 Å². The van der Waals surface area contributed by atoms with Crippen molar-refractivity contribution in [2.75, 3.05) is 13.2 Å². The molecule has 0 aromatic carbocycles. The molecule has 1 saturated heterocycles. The second-order valence-electron chi connectivity index (χ2n) is 3.41.